The molecular formula is C12H16O3. The molecule has 0 unspecified atom stereocenters. The standard InChI is InChI=1S/C12H16O3/c1-2-9-5-3-6-10(12(9)15)7-4-8-11(13)14/h3,5-6,15H,2,4,7-8H2,1H3,(H,13,14). The van der Waals surface area contributed by atoms with Crippen LogP contribution in [0.1, 0.15) is 30.9 Å². The van der Waals surface area contributed by atoms with Crippen molar-refractivity contribution in [2.45, 2.75) is 32.6 Å². The number of hydrogen-bond acceptors (Lipinski definition) is 2. The van der Waals surface area contributed by atoms with Crippen molar-refractivity contribution in [2.75, 3.05) is 0 Å². The number of carboxylic acid groups (broad SMARTS) is 1. The molecule has 0 amide bonds. The number of aryl methyl sites for hydroxylation is 2. The summed E-state index contributed by atoms with van der Waals surface area (Å²) >= 11 is 0. The Bertz CT molecular complexity index is 345. The van der Waals surface area contributed by atoms with Gasteiger partial charge in [0.15, 0.2) is 0 Å². The van der Waals surface area contributed by atoms with Crippen LogP contribution in [-0.2, 0) is 17.6 Å². The number of aliphatic carboxylic acids is 1. The smallest absolute Gasteiger partial charge is 0.303 e. The highest BCUT2D eigenvalue weighted by molar-refractivity contribution is 5.66. The second-order valence-corrected chi connectivity index (χ2v) is 3.53. The van der Waals surface area contributed by atoms with Gasteiger partial charge in [-0.2, -0.15) is 0 Å². The van der Waals surface area contributed by atoms with Crippen molar-refractivity contribution >= 4 is 5.97 Å². The molecule has 0 fully saturated rings. The Labute approximate surface area is 89.4 Å². The molecule has 2 N–H and O–H groups in total. The molecule has 0 aliphatic rings. The van der Waals surface area contributed by atoms with Gasteiger partial charge in [0.05, 0.1) is 0 Å². The SMILES string of the molecule is CCc1cccc(CCCC(=O)O)c1O. The average molecular weight is 208 g/mol. The minimum absolute atomic E-state index is 0.149. The largest absolute Gasteiger partial charge is 0.507 e. The summed E-state index contributed by atoms with van der Waals surface area (Å²) in [6.07, 6.45) is 2.12. The normalized spacial score (nSPS) is 10.2. The predicted octanol–water partition coefficient (Wildman–Crippen LogP) is 2.36. The molecular weight excluding hydrogens is 192 g/mol. The fraction of sp³-hybridized carbons (Fsp3) is 0.417. The van der Waals surface area contributed by atoms with Gasteiger partial charge in [0, 0.05) is 6.42 Å². The van der Waals surface area contributed by atoms with Crippen molar-refractivity contribution in [1.82, 2.24) is 0 Å². The van der Waals surface area contributed by atoms with E-state index in [1.165, 1.54) is 0 Å². The van der Waals surface area contributed by atoms with Crippen molar-refractivity contribution in [3.63, 3.8) is 0 Å². The molecule has 0 atom stereocenters. The lowest BCUT2D eigenvalue weighted by molar-refractivity contribution is -0.137. The number of aromatic hydroxyl groups is 1. The number of carboxylic acids is 1. The van der Waals surface area contributed by atoms with Crippen molar-refractivity contribution in [3.05, 3.63) is 29.3 Å². The highest BCUT2D eigenvalue weighted by Gasteiger charge is 2.06. The summed E-state index contributed by atoms with van der Waals surface area (Å²) in [5, 5.41) is 18.3. The van der Waals surface area contributed by atoms with E-state index in [1.807, 2.05) is 25.1 Å². The van der Waals surface area contributed by atoms with Crippen molar-refractivity contribution in [3.8, 4) is 5.75 Å². The molecule has 0 aliphatic heterocycles. The summed E-state index contributed by atoms with van der Waals surface area (Å²) in [6, 6.07) is 5.63. The zero-order chi connectivity index (χ0) is 11.3. The van der Waals surface area contributed by atoms with Gasteiger partial charge in [0.2, 0.25) is 0 Å². The Morgan fingerprint density at radius 1 is 1.33 bits per heavy atom. The third-order valence-corrected chi connectivity index (χ3v) is 2.42. The highest BCUT2D eigenvalue weighted by Crippen LogP contribution is 2.24. The summed E-state index contributed by atoms with van der Waals surface area (Å²) in [6.45, 7) is 1.98. The Morgan fingerprint density at radius 3 is 2.60 bits per heavy atom. The molecule has 15 heavy (non-hydrogen) atoms. The van der Waals surface area contributed by atoms with E-state index in [4.69, 9.17) is 5.11 Å². The highest BCUT2D eigenvalue weighted by atomic mass is 16.4. The van der Waals surface area contributed by atoms with E-state index in [9.17, 15) is 9.90 Å². The molecule has 0 saturated carbocycles. The third-order valence-electron chi connectivity index (χ3n) is 2.42. The number of carbonyl (C=O) groups is 1. The summed E-state index contributed by atoms with van der Waals surface area (Å²) in [4.78, 5) is 10.3. The number of phenolic OH excluding ortho intramolecular Hbond substituents is 1. The average Bonchev–Trinajstić information content (AvgIpc) is 2.20. The molecule has 0 aliphatic carbocycles. The van der Waals surface area contributed by atoms with Gasteiger partial charge in [0.25, 0.3) is 0 Å². The Kier molecular flexibility index (Phi) is 4.16. The number of para-hydroxylation sites is 1. The quantitative estimate of drug-likeness (QED) is 0.781. The van der Waals surface area contributed by atoms with Crippen LogP contribution in [0.4, 0.5) is 0 Å². The molecule has 0 bridgehead atoms. The van der Waals surface area contributed by atoms with E-state index in [1.54, 1.807) is 0 Å². The van der Waals surface area contributed by atoms with Crippen LogP contribution in [0, 0.1) is 0 Å². The molecule has 0 aromatic heterocycles. The third kappa shape index (κ3) is 3.27. The zero-order valence-corrected chi connectivity index (χ0v) is 8.86. The van der Waals surface area contributed by atoms with Gasteiger partial charge >= 0.3 is 5.97 Å². The molecule has 0 radical (unpaired) electrons. The molecule has 0 heterocycles. The van der Waals surface area contributed by atoms with E-state index in [-0.39, 0.29) is 6.42 Å². The summed E-state index contributed by atoms with van der Waals surface area (Å²) in [5.74, 6) is -0.466. The lowest BCUT2D eigenvalue weighted by atomic mass is 10.0. The van der Waals surface area contributed by atoms with Crippen LogP contribution in [0.3, 0.4) is 0 Å². The number of benzene rings is 1. The van der Waals surface area contributed by atoms with E-state index in [0.717, 1.165) is 17.5 Å². The van der Waals surface area contributed by atoms with Crippen molar-refractivity contribution in [2.24, 2.45) is 0 Å². The van der Waals surface area contributed by atoms with Crippen molar-refractivity contribution in [1.29, 1.82) is 0 Å². The van der Waals surface area contributed by atoms with Gasteiger partial charge in [-0.25, -0.2) is 0 Å². The second-order valence-electron chi connectivity index (χ2n) is 3.53. The minimum atomic E-state index is -0.791. The molecule has 1 aromatic rings. The van der Waals surface area contributed by atoms with Crippen molar-refractivity contribution < 1.29 is 15.0 Å². The van der Waals surface area contributed by atoms with Gasteiger partial charge < -0.3 is 10.2 Å². The Balaban J connectivity index is 2.64. The fourth-order valence-electron chi connectivity index (χ4n) is 1.56. The first-order valence-electron chi connectivity index (χ1n) is 5.16. The van der Waals surface area contributed by atoms with Gasteiger partial charge in [-0.1, -0.05) is 25.1 Å². The second kappa shape index (κ2) is 5.39. The number of phenols is 1. The minimum Gasteiger partial charge on any atom is -0.507 e. The van der Waals surface area contributed by atoms with Gasteiger partial charge in [0.1, 0.15) is 5.75 Å². The molecule has 0 spiro atoms. The first kappa shape index (κ1) is 11.6. The lowest BCUT2D eigenvalue weighted by Crippen LogP contribution is -1.96. The first-order chi connectivity index (χ1) is 7.15. The van der Waals surface area contributed by atoms with E-state index in [2.05, 4.69) is 0 Å². The Morgan fingerprint density at radius 2 is 2.00 bits per heavy atom. The van der Waals surface area contributed by atoms with Crippen LogP contribution in [0.5, 0.6) is 5.75 Å². The van der Waals surface area contributed by atoms with Crippen LogP contribution in [0.15, 0.2) is 18.2 Å². The maximum atomic E-state index is 10.3. The number of hydrogen-bond donors (Lipinski definition) is 2. The summed E-state index contributed by atoms with van der Waals surface area (Å²) in [5.41, 5.74) is 1.76. The molecule has 1 aromatic carbocycles. The topological polar surface area (TPSA) is 57.5 Å². The molecule has 3 heteroatoms. The van der Waals surface area contributed by atoms with Gasteiger partial charge in [-0.3, -0.25) is 4.79 Å². The van der Waals surface area contributed by atoms with Crippen LogP contribution >= 0.6 is 0 Å². The van der Waals surface area contributed by atoms with E-state index >= 15 is 0 Å². The van der Waals surface area contributed by atoms with Crippen LogP contribution in [-0.4, -0.2) is 16.2 Å². The Hall–Kier alpha value is -1.51. The zero-order valence-electron chi connectivity index (χ0n) is 8.86. The fourth-order valence-corrected chi connectivity index (χ4v) is 1.56. The van der Waals surface area contributed by atoms with Crippen LogP contribution in [0.2, 0.25) is 0 Å². The lowest BCUT2D eigenvalue weighted by Gasteiger charge is -2.07. The predicted molar refractivity (Wildman–Crippen MR) is 58.1 cm³/mol. The molecule has 3 nitrogen and oxygen atoms in total. The molecule has 1 rings (SSSR count). The number of rotatable bonds is 5. The summed E-state index contributed by atoms with van der Waals surface area (Å²) in [7, 11) is 0. The summed E-state index contributed by atoms with van der Waals surface area (Å²) < 4.78 is 0. The first-order valence-corrected chi connectivity index (χ1v) is 5.16. The molecule has 82 valence electrons. The van der Waals surface area contributed by atoms with E-state index < -0.39 is 5.97 Å². The van der Waals surface area contributed by atoms with Crippen LogP contribution in [0.25, 0.3) is 0 Å². The monoisotopic (exact) mass is 208 g/mol. The van der Waals surface area contributed by atoms with Gasteiger partial charge in [-0.15, -0.1) is 0 Å². The molecule has 0 saturated heterocycles. The maximum absolute atomic E-state index is 10.3. The van der Waals surface area contributed by atoms with E-state index in [0.29, 0.717) is 18.6 Å². The maximum Gasteiger partial charge on any atom is 0.303 e. The van der Waals surface area contributed by atoms with Crippen LogP contribution < -0.4 is 0 Å². The van der Waals surface area contributed by atoms with Gasteiger partial charge in [-0.05, 0) is 30.4 Å².